The van der Waals surface area contributed by atoms with Crippen LogP contribution in [-0.2, 0) is 0 Å². The van der Waals surface area contributed by atoms with Crippen molar-refractivity contribution < 1.29 is 4.74 Å². The summed E-state index contributed by atoms with van der Waals surface area (Å²) in [7, 11) is 1.70. The van der Waals surface area contributed by atoms with Gasteiger partial charge in [0.25, 0.3) is 0 Å². The van der Waals surface area contributed by atoms with Crippen molar-refractivity contribution in [2.24, 2.45) is 11.8 Å². The molecule has 1 aromatic carbocycles. The number of anilines is 1. The second-order valence-corrected chi connectivity index (χ2v) is 7.36. The molecule has 0 bridgehead atoms. The molecule has 0 aromatic heterocycles. The van der Waals surface area contributed by atoms with Crippen molar-refractivity contribution >= 4 is 33.2 Å². The lowest BCUT2D eigenvalue weighted by molar-refractivity contribution is 0.302. The quantitative estimate of drug-likeness (QED) is 0.768. The number of benzene rings is 1. The molecule has 0 spiro atoms. The largest absolute Gasteiger partial charge is 0.493 e. The summed E-state index contributed by atoms with van der Waals surface area (Å²) in [4.78, 5) is 0. The number of hydrogen-bond donors (Lipinski definition) is 1. The first-order valence-electron chi connectivity index (χ1n) is 7.47. The maximum atomic E-state index is 6.16. The molecule has 2 aliphatic carbocycles. The van der Waals surface area contributed by atoms with E-state index in [1.165, 1.54) is 38.5 Å². The highest BCUT2D eigenvalue weighted by molar-refractivity contribution is 9.10. The smallest absolute Gasteiger partial charge is 0.156 e. The average molecular weight is 359 g/mol. The molecule has 1 aromatic rings. The fourth-order valence-corrected chi connectivity index (χ4v) is 4.42. The van der Waals surface area contributed by atoms with Gasteiger partial charge in [-0.05, 0) is 65.6 Å². The van der Waals surface area contributed by atoms with Crippen LogP contribution in [0.15, 0.2) is 16.6 Å². The van der Waals surface area contributed by atoms with Gasteiger partial charge in [-0.2, -0.15) is 0 Å². The molecule has 3 rings (SSSR count). The van der Waals surface area contributed by atoms with Crippen LogP contribution in [0.25, 0.3) is 0 Å². The summed E-state index contributed by atoms with van der Waals surface area (Å²) in [5.74, 6) is 2.78. The summed E-state index contributed by atoms with van der Waals surface area (Å²) in [6.07, 6.45) is 8.18. The molecule has 2 nitrogen and oxygen atoms in total. The lowest BCUT2D eigenvalue weighted by atomic mass is 9.82. The fourth-order valence-electron chi connectivity index (χ4n) is 3.45. The Kier molecular flexibility index (Phi) is 4.46. The molecule has 2 unspecified atom stereocenters. The molecule has 20 heavy (non-hydrogen) atoms. The topological polar surface area (TPSA) is 21.3 Å². The molecule has 0 radical (unpaired) electrons. The van der Waals surface area contributed by atoms with Gasteiger partial charge in [0.2, 0.25) is 0 Å². The van der Waals surface area contributed by atoms with Gasteiger partial charge < -0.3 is 10.1 Å². The average Bonchev–Trinajstić information content (AvgIpc) is 3.23. The van der Waals surface area contributed by atoms with Gasteiger partial charge >= 0.3 is 0 Å². The lowest BCUT2D eigenvalue weighted by Crippen LogP contribution is -2.28. The summed E-state index contributed by atoms with van der Waals surface area (Å²) < 4.78 is 6.40. The molecule has 0 aliphatic heterocycles. The standard InChI is InChI=1S/C16H21BrClNO/c1-20-16-14(17)8-12(18)9-15(16)19-13-4-2-3-11(7-13)10-5-6-10/h8-11,13,19H,2-7H2,1H3. The summed E-state index contributed by atoms with van der Waals surface area (Å²) in [5.41, 5.74) is 1.01. The van der Waals surface area contributed by atoms with Crippen LogP contribution in [-0.4, -0.2) is 13.2 Å². The van der Waals surface area contributed by atoms with Gasteiger partial charge in [0, 0.05) is 11.1 Å². The first-order valence-corrected chi connectivity index (χ1v) is 8.64. The van der Waals surface area contributed by atoms with Crippen molar-refractivity contribution in [1.29, 1.82) is 0 Å². The van der Waals surface area contributed by atoms with Crippen LogP contribution in [0.3, 0.4) is 0 Å². The maximum Gasteiger partial charge on any atom is 0.156 e. The summed E-state index contributed by atoms with van der Waals surface area (Å²) in [6, 6.07) is 4.39. The molecule has 4 heteroatoms. The molecule has 0 saturated heterocycles. The predicted molar refractivity (Wildman–Crippen MR) is 87.8 cm³/mol. The summed E-state index contributed by atoms with van der Waals surface area (Å²) in [6.45, 7) is 0. The summed E-state index contributed by atoms with van der Waals surface area (Å²) in [5, 5.41) is 4.39. The number of hydrogen-bond acceptors (Lipinski definition) is 2. The van der Waals surface area contributed by atoms with E-state index in [2.05, 4.69) is 21.2 Å². The Labute approximate surface area is 134 Å². The van der Waals surface area contributed by atoms with Crippen LogP contribution in [0, 0.1) is 11.8 Å². The third-order valence-electron chi connectivity index (χ3n) is 4.58. The van der Waals surface area contributed by atoms with E-state index in [0.717, 1.165) is 32.8 Å². The zero-order valence-electron chi connectivity index (χ0n) is 11.8. The van der Waals surface area contributed by atoms with E-state index in [-0.39, 0.29) is 0 Å². The maximum absolute atomic E-state index is 6.16. The van der Waals surface area contributed by atoms with E-state index >= 15 is 0 Å². The van der Waals surface area contributed by atoms with Gasteiger partial charge in [-0.15, -0.1) is 0 Å². The van der Waals surface area contributed by atoms with Crippen molar-refractivity contribution in [3.63, 3.8) is 0 Å². The minimum Gasteiger partial charge on any atom is -0.493 e. The van der Waals surface area contributed by atoms with Crippen molar-refractivity contribution in [3.8, 4) is 5.75 Å². The Bertz CT molecular complexity index is 490. The number of ether oxygens (including phenoxy) is 1. The van der Waals surface area contributed by atoms with E-state index in [4.69, 9.17) is 16.3 Å². The monoisotopic (exact) mass is 357 g/mol. The van der Waals surface area contributed by atoms with Gasteiger partial charge in [0.15, 0.2) is 5.75 Å². The van der Waals surface area contributed by atoms with Crippen LogP contribution < -0.4 is 10.1 Å². The van der Waals surface area contributed by atoms with Crippen LogP contribution >= 0.6 is 27.5 Å². The van der Waals surface area contributed by atoms with Crippen molar-refractivity contribution in [1.82, 2.24) is 0 Å². The van der Waals surface area contributed by atoms with Crippen LogP contribution in [0.4, 0.5) is 5.69 Å². The molecule has 2 saturated carbocycles. The van der Waals surface area contributed by atoms with E-state index in [9.17, 15) is 0 Å². The predicted octanol–water partition coefficient (Wildman–Crippen LogP) is 5.49. The van der Waals surface area contributed by atoms with E-state index in [1.807, 2.05) is 12.1 Å². The highest BCUT2D eigenvalue weighted by atomic mass is 79.9. The third kappa shape index (κ3) is 3.25. The zero-order chi connectivity index (χ0) is 14.1. The number of halogens is 2. The van der Waals surface area contributed by atoms with Gasteiger partial charge in [-0.3, -0.25) is 0 Å². The molecule has 110 valence electrons. The SMILES string of the molecule is COc1c(Br)cc(Cl)cc1NC1CCCC(C2CC2)C1. The van der Waals surface area contributed by atoms with Crippen LogP contribution in [0.5, 0.6) is 5.75 Å². The van der Waals surface area contributed by atoms with Crippen LogP contribution in [0.1, 0.15) is 38.5 Å². The minimum absolute atomic E-state index is 0.550. The number of nitrogens with one attached hydrogen (secondary N) is 1. The highest BCUT2D eigenvalue weighted by Gasteiger charge is 2.34. The van der Waals surface area contributed by atoms with Gasteiger partial charge in [-0.25, -0.2) is 0 Å². The molecule has 0 amide bonds. The second kappa shape index (κ2) is 6.15. The van der Waals surface area contributed by atoms with Crippen molar-refractivity contribution in [2.75, 3.05) is 12.4 Å². The fraction of sp³-hybridized carbons (Fsp3) is 0.625. The Balaban J connectivity index is 1.73. The molecule has 2 atom stereocenters. The van der Waals surface area contributed by atoms with Crippen molar-refractivity contribution in [3.05, 3.63) is 21.6 Å². The molecule has 1 N–H and O–H groups in total. The first-order chi connectivity index (χ1) is 9.67. The van der Waals surface area contributed by atoms with Crippen molar-refractivity contribution in [2.45, 2.75) is 44.6 Å². The van der Waals surface area contributed by atoms with Gasteiger partial charge in [0.1, 0.15) is 0 Å². The number of rotatable bonds is 4. The minimum atomic E-state index is 0.550. The third-order valence-corrected chi connectivity index (χ3v) is 5.38. The normalized spacial score (nSPS) is 26.4. The van der Waals surface area contributed by atoms with E-state index < -0.39 is 0 Å². The van der Waals surface area contributed by atoms with E-state index in [0.29, 0.717) is 6.04 Å². The highest BCUT2D eigenvalue weighted by Crippen LogP contribution is 2.45. The Morgan fingerprint density at radius 2 is 2.00 bits per heavy atom. The zero-order valence-corrected chi connectivity index (χ0v) is 14.1. The van der Waals surface area contributed by atoms with Gasteiger partial charge in [-0.1, -0.05) is 24.4 Å². The molecule has 2 fully saturated rings. The molecular formula is C16H21BrClNO. The van der Waals surface area contributed by atoms with Gasteiger partial charge in [0.05, 0.1) is 17.3 Å². The lowest BCUT2D eigenvalue weighted by Gasteiger charge is -2.31. The van der Waals surface area contributed by atoms with Crippen LogP contribution in [0.2, 0.25) is 5.02 Å². The second-order valence-electron chi connectivity index (χ2n) is 6.07. The molecule has 0 heterocycles. The summed E-state index contributed by atoms with van der Waals surface area (Å²) >= 11 is 9.68. The number of methoxy groups -OCH3 is 1. The Hall–Kier alpha value is -0.410. The molecule has 2 aliphatic rings. The van der Waals surface area contributed by atoms with E-state index in [1.54, 1.807) is 7.11 Å². The first kappa shape index (κ1) is 14.5. The Morgan fingerprint density at radius 3 is 2.70 bits per heavy atom. The molecular weight excluding hydrogens is 338 g/mol. The Morgan fingerprint density at radius 1 is 1.20 bits per heavy atom.